The van der Waals surface area contributed by atoms with E-state index < -0.39 is 29.3 Å². The van der Waals surface area contributed by atoms with E-state index in [-0.39, 0.29) is 17.6 Å². The molecule has 1 amide bonds. The Kier molecular flexibility index (Phi) is 8.09. The number of H-pyrrole nitrogens is 1. The number of hydrogen-bond donors (Lipinski definition) is 3. The SMILES string of the molecule is C[C@@H]1CN(c2cc(F)c(C3=CCN(c4ncc(N)s4)CC3)cc2NC(=O)c2c[nH]c(=O)cc2C(F)F)C[C@H](C)N1C. The van der Waals surface area contributed by atoms with Gasteiger partial charge in [-0.15, -0.1) is 0 Å². The van der Waals surface area contributed by atoms with E-state index >= 15 is 4.39 Å². The van der Waals surface area contributed by atoms with Gasteiger partial charge in [0.1, 0.15) is 10.8 Å². The van der Waals surface area contributed by atoms with E-state index in [4.69, 9.17) is 5.73 Å². The topological polar surface area (TPSA) is 111 Å². The number of pyridine rings is 1. The van der Waals surface area contributed by atoms with Crippen LogP contribution < -0.4 is 26.4 Å². The molecule has 4 N–H and O–H groups in total. The lowest BCUT2D eigenvalue weighted by Crippen LogP contribution is -2.55. The fourth-order valence-corrected chi connectivity index (χ4v) is 6.05. The highest BCUT2D eigenvalue weighted by Crippen LogP contribution is 2.37. The van der Waals surface area contributed by atoms with Gasteiger partial charge in [0, 0.05) is 61.7 Å². The molecule has 1 aromatic carbocycles. The molecule has 5 rings (SSSR count). The van der Waals surface area contributed by atoms with Crippen LogP contribution in [0.4, 0.5) is 34.7 Å². The Bertz CT molecular complexity index is 1530. The number of likely N-dealkylation sites (N-methyl/N-ethyl adjacent to an activating group) is 1. The third-order valence-corrected chi connectivity index (χ3v) is 8.69. The molecule has 0 unspecified atom stereocenters. The number of aromatic amines is 1. The number of benzene rings is 1. The minimum atomic E-state index is -3.02. The summed E-state index contributed by atoms with van der Waals surface area (Å²) < 4.78 is 43.2. The largest absolute Gasteiger partial charge is 0.389 e. The summed E-state index contributed by atoms with van der Waals surface area (Å²) in [6.07, 6.45) is 2.01. The molecule has 4 heterocycles. The van der Waals surface area contributed by atoms with Crippen LogP contribution in [-0.4, -0.2) is 66.1 Å². The molecule has 2 aliphatic heterocycles. The Morgan fingerprint density at radius 3 is 2.54 bits per heavy atom. The normalized spacial score (nSPS) is 19.9. The van der Waals surface area contributed by atoms with E-state index in [1.165, 1.54) is 17.4 Å². The van der Waals surface area contributed by atoms with Gasteiger partial charge in [-0.3, -0.25) is 14.5 Å². The number of nitrogen functional groups attached to an aromatic ring is 1. The first kappa shape index (κ1) is 28.7. The summed E-state index contributed by atoms with van der Waals surface area (Å²) in [5.41, 5.74) is 5.92. The average Bonchev–Trinajstić information content (AvgIpc) is 3.38. The highest BCUT2D eigenvalue weighted by atomic mass is 32.1. The molecule has 218 valence electrons. The van der Waals surface area contributed by atoms with Crippen molar-refractivity contribution in [2.75, 3.05) is 54.1 Å². The molecule has 0 saturated carbocycles. The number of carbonyl (C=O) groups is 1. The average molecular weight is 588 g/mol. The van der Waals surface area contributed by atoms with Crippen LogP contribution in [0.15, 0.2) is 41.5 Å². The van der Waals surface area contributed by atoms with E-state index in [2.05, 4.69) is 38.9 Å². The molecule has 0 aliphatic carbocycles. The van der Waals surface area contributed by atoms with Crippen molar-refractivity contribution < 1.29 is 18.0 Å². The Morgan fingerprint density at radius 1 is 1.20 bits per heavy atom. The van der Waals surface area contributed by atoms with Crippen LogP contribution in [0.25, 0.3) is 5.57 Å². The van der Waals surface area contributed by atoms with Crippen LogP contribution in [0.5, 0.6) is 0 Å². The third-order valence-electron chi connectivity index (χ3n) is 7.81. The lowest BCUT2D eigenvalue weighted by atomic mass is 9.97. The molecule has 9 nitrogen and oxygen atoms in total. The van der Waals surface area contributed by atoms with Gasteiger partial charge in [-0.05, 0) is 45.0 Å². The van der Waals surface area contributed by atoms with E-state index in [0.29, 0.717) is 54.5 Å². The van der Waals surface area contributed by atoms with Gasteiger partial charge in [0.25, 0.3) is 12.3 Å². The predicted octanol–water partition coefficient (Wildman–Crippen LogP) is 4.57. The Hall–Kier alpha value is -3.84. The van der Waals surface area contributed by atoms with Crippen molar-refractivity contribution in [1.82, 2.24) is 14.9 Å². The predicted molar refractivity (Wildman–Crippen MR) is 157 cm³/mol. The van der Waals surface area contributed by atoms with Gasteiger partial charge in [0.05, 0.1) is 23.1 Å². The van der Waals surface area contributed by atoms with Crippen LogP contribution in [0, 0.1) is 5.82 Å². The number of amides is 1. The standard InChI is InChI=1S/C28H32F3N7O2S/c1-15-13-38(14-16(2)36(15)3)23-10-21(29)18(17-4-6-37(7-5-17)28-34-12-24(32)41-28)8-22(23)35-27(40)20-11-33-25(39)9-19(20)26(30)31/h4,8-12,15-16,26H,5-7,13-14,32H2,1-3H3,(H,33,39)(H,35,40)/t15-,16+. The number of nitrogens with two attached hydrogens (primary N) is 1. The highest BCUT2D eigenvalue weighted by Gasteiger charge is 2.30. The number of alkyl halides is 2. The molecule has 0 bridgehead atoms. The Morgan fingerprint density at radius 2 is 1.93 bits per heavy atom. The zero-order valence-electron chi connectivity index (χ0n) is 23.0. The minimum absolute atomic E-state index is 0.154. The molecular weight excluding hydrogens is 555 g/mol. The van der Waals surface area contributed by atoms with E-state index in [0.717, 1.165) is 23.0 Å². The number of aromatic nitrogens is 2. The maximum Gasteiger partial charge on any atom is 0.264 e. The maximum absolute atomic E-state index is 15.8. The first-order valence-corrected chi connectivity index (χ1v) is 14.1. The number of halogens is 3. The number of carbonyl (C=O) groups excluding carboxylic acids is 1. The first-order valence-electron chi connectivity index (χ1n) is 13.3. The van der Waals surface area contributed by atoms with Crippen molar-refractivity contribution in [3.63, 3.8) is 0 Å². The van der Waals surface area contributed by atoms with Crippen molar-refractivity contribution in [2.24, 2.45) is 0 Å². The molecule has 13 heteroatoms. The molecule has 1 saturated heterocycles. The molecule has 2 aliphatic rings. The third kappa shape index (κ3) is 5.96. The highest BCUT2D eigenvalue weighted by molar-refractivity contribution is 7.19. The van der Waals surface area contributed by atoms with Crippen molar-refractivity contribution in [2.45, 2.75) is 38.8 Å². The van der Waals surface area contributed by atoms with Gasteiger partial charge in [0.2, 0.25) is 5.56 Å². The van der Waals surface area contributed by atoms with E-state index in [1.54, 1.807) is 12.3 Å². The molecular formula is C28H32F3N7O2S. The zero-order chi connectivity index (χ0) is 29.4. The summed E-state index contributed by atoms with van der Waals surface area (Å²) in [5, 5.41) is 4.15. The van der Waals surface area contributed by atoms with Gasteiger partial charge in [-0.1, -0.05) is 17.4 Å². The molecule has 0 spiro atoms. The van der Waals surface area contributed by atoms with E-state index in [1.807, 2.05) is 18.0 Å². The smallest absolute Gasteiger partial charge is 0.264 e. The summed E-state index contributed by atoms with van der Waals surface area (Å²) in [4.78, 5) is 37.9. The second kappa shape index (κ2) is 11.6. The zero-order valence-corrected chi connectivity index (χ0v) is 23.8. The quantitative estimate of drug-likeness (QED) is 0.388. The second-order valence-electron chi connectivity index (χ2n) is 10.5. The number of nitrogens with one attached hydrogen (secondary N) is 2. The maximum atomic E-state index is 15.8. The molecule has 3 aromatic rings. The van der Waals surface area contributed by atoms with Crippen molar-refractivity contribution >= 4 is 44.3 Å². The van der Waals surface area contributed by atoms with Crippen molar-refractivity contribution in [1.29, 1.82) is 0 Å². The fourth-order valence-electron chi connectivity index (χ4n) is 5.34. The van der Waals surface area contributed by atoms with Crippen LogP contribution >= 0.6 is 11.3 Å². The van der Waals surface area contributed by atoms with Gasteiger partial charge in [0.15, 0.2) is 5.13 Å². The number of anilines is 4. The van der Waals surface area contributed by atoms with Crippen LogP contribution in [-0.2, 0) is 0 Å². The summed E-state index contributed by atoms with van der Waals surface area (Å²) in [6, 6.07) is 4.01. The summed E-state index contributed by atoms with van der Waals surface area (Å²) >= 11 is 1.38. The minimum Gasteiger partial charge on any atom is -0.389 e. The Labute approximate surface area is 239 Å². The number of rotatable bonds is 6. The molecule has 1 fully saturated rings. The summed E-state index contributed by atoms with van der Waals surface area (Å²) in [5.74, 6) is -1.26. The van der Waals surface area contributed by atoms with Gasteiger partial charge < -0.3 is 25.8 Å². The molecule has 41 heavy (non-hydrogen) atoms. The number of hydrogen-bond acceptors (Lipinski definition) is 8. The molecule has 2 atom stereocenters. The van der Waals surface area contributed by atoms with Gasteiger partial charge in [-0.25, -0.2) is 18.2 Å². The monoisotopic (exact) mass is 587 g/mol. The molecule has 2 aromatic heterocycles. The fraction of sp³-hybridized carbons (Fsp3) is 0.393. The lowest BCUT2D eigenvalue weighted by molar-refractivity contribution is 0.101. The van der Waals surface area contributed by atoms with Crippen molar-refractivity contribution in [3.8, 4) is 0 Å². The van der Waals surface area contributed by atoms with Crippen LogP contribution in [0.1, 0.15) is 48.2 Å². The summed E-state index contributed by atoms with van der Waals surface area (Å²) in [6.45, 7) is 6.40. The number of piperazine rings is 1. The van der Waals surface area contributed by atoms with Crippen LogP contribution in [0.2, 0.25) is 0 Å². The van der Waals surface area contributed by atoms with E-state index in [9.17, 15) is 18.4 Å². The lowest BCUT2D eigenvalue weighted by Gasteiger charge is -2.44. The Balaban J connectivity index is 1.51. The van der Waals surface area contributed by atoms with Crippen LogP contribution in [0.3, 0.4) is 0 Å². The number of thiazole rings is 1. The molecule has 0 radical (unpaired) electrons. The van der Waals surface area contributed by atoms with Gasteiger partial charge >= 0.3 is 0 Å². The first-order chi connectivity index (χ1) is 19.5. The summed E-state index contributed by atoms with van der Waals surface area (Å²) in [7, 11) is 2.03. The second-order valence-corrected chi connectivity index (χ2v) is 11.6. The van der Waals surface area contributed by atoms with Crippen molar-refractivity contribution in [3.05, 3.63) is 69.5 Å². The number of nitrogens with zero attached hydrogens (tertiary/aromatic N) is 4. The van der Waals surface area contributed by atoms with Gasteiger partial charge in [-0.2, -0.15) is 0 Å².